The number of thioether (sulfide) groups is 1. The van der Waals surface area contributed by atoms with Crippen LogP contribution in [0.25, 0.3) is 0 Å². The third kappa shape index (κ3) is 2.53. The minimum Gasteiger partial charge on any atom is -0.330 e. The van der Waals surface area contributed by atoms with Crippen molar-refractivity contribution in [2.24, 2.45) is 5.73 Å². The summed E-state index contributed by atoms with van der Waals surface area (Å²) >= 11 is 4.07. The third-order valence-corrected chi connectivity index (χ3v) is 5.05. The highest BCUT2D eigenvalue weighted by Gasteiger charge is 2.17. The molecule has 0 aromatic carbocycles. The first kappa shape index (κ1) is 10.5. The predicted molar refractivity (Wildman–Crippen MR) is 66.4 cm³/mol. The maximum atomic E-state index is 5.55. The molecule has 0 atom stereocenters. The summed E-state index contributed by atoms with van der Waals surface area (Å²) in [6.45, 7) is 0.778. The second kappa shape index (κ2) is 5.19. The molecule has 0 spiro atoms. The van der Waals surface area contributed by atoms with E-state index in [1.54, 1.807) is 4.88 Å². The van der Waals surface area contributed by atoms with Gasteiger partial charge in [0.1, 0.15) is 0 Å². The van der Waals surface area contributed by atoms with Gasteiger partial charge in [0.05, 0.1) is 0 Å². The van der Waals surface area contributed by atoms with Crippen molar-refractivity contribution in [3.05, 3.63) is 21.9 Å². The van der Waals surface area contributed by atoms with Crippen molar-refractivity contribution in [1.82, 2.24) is 0 Å². The fraction of sp³-hybridized carbons (Fsp3) is 0.636. The van der Waals surface area contributed by atoms with E-state index in [0.717, 1.165) is 18.9 Å². The molecule has 14 heavy (non-hydrogen) atoms. The summed E-state index contributed by atoms with van der Waals surface area (Å²) in [5, 5.41) is 0. The fourth-order valence-corrected chi connectivity index (χ4v) is 4.18. The van der Waals surface area contributed by atoms with Crippen LogP contribution in [-0.4, -0.2) is 18.1 Å². The lowest BCUT2D eigenvalue weighted by atomic mass is 10.0. The topological polar surface area (TPSA) is 26.0 Å². The lowest BCUT2D eigenvalue weighted by Gasteiger charge is -2.19. The molecule has 0 amide bonds. The lowest BCUT2D eigenvalue weighted by molar-refractivity contribution is 0.648. The summed E-state index contributed by atoms with van der Waals surface area (Å²) in [4.78, 5) is 3.05. The van der Waals surface area contributed by atoms with Crippen LogP contribution in [0.5, 0.6) is 0 Å². The van der Waals surface area contributed by atoms with Gasteiger partial charge in [-0.25, -0.2) is 0 Å². The van der Waals surface area contributed by atoms with Gasteiger partial charge in [-0.1, -0.05) is 0 Å². The Morgan fingerprint density at radius 1 is 1.29 bits per heavy atom. The molecule has 0 radical (unpaired) electrons. The van der Waals surface area contributed by atoms with E-state index in [4.69, 9.17) is 5.73 Å². The van der Waals surface area contributed by atoms with E-state index < -0.39 is 0 Å². The fourth-order valence-electron chi connectivity index (χ4n) is 1.87. The van der Waals surface area contributed by atoms with E-state index in [-0.39, 0.29) is 0 Å². The van der Waals surface area contributed by atoms with Crippen molar-refractivity contribution in [3.8, 4) is 0 Å². The van der Waals surface area contributed by atoms with Gasteiger partial charge < -0.3 is 5.73 Å². The minimum absolute atomic E-state index is 0.778. The number of rotatable bonds is 3. The summed E-state index contributed by atoms with van der Waals surface area (Å²) in [7, 11) is 0. The van der Waals surface area contributed by atoms with Gasteiger partial charge in [0.15, 0.2) is 0 Å². The Bertz CT molecular complexity index is 277. The van der Waals surface area contributed by atoms with E-state index in [9.17, 15) is 0 Å². The van der Waals surface area contributed by atoms with Gasteiger partial charge in [0, 0.05) is 9.75 Å². The minimum atomic E-state index is 0.778. The zero-order chi connectivity index (χ0) is 9.80. The van der Waals surface area contributed by atoms with Crippen LogP contribution >= 0.6 is 23.1 Å². The molecule has 3 heteroatoms. The van der Waals surface area contributed by atoms with E-state index >= 15 is 0 Å². The highest BCUT2D eigenvalue weighted by Crippen LogP contribution is 2.35. The van der Waals surface area contributed by atoms with Gasteiger partial charge in [-0.15, -0.1) is 11.3 Å². The summed E-state index contributed by atoms with van der Waals surface area (Å²) in [6, 6.07) is 4.57. The molecule has 0 aliphatic carbocycles. The molecule has 1 aliphatic rings. The SMILES string of the molecule is NCCc1ccc(C2CCSCC2)s1. The highest BCUT2D eigenvalue weighted by atomic mass is 32.2. The number of hydrogen-bond donors (Lipinski definition) is 1. The Morgan fingerprint density at radius 2 is 2.07 bits per heavy atom. The Labute approximate surface area is 94.1 Å². The predicted octanol–water partition coefficient (Wildman–Crippen LogP) is 2.86. The van der Waals surface area contributed by atoms with Crippen molar-refractivity contribution in [3.63, 3.8) is 0 Å². The molecule has 2 N–H and O–H groups in total. The van der Waals surface area contributed by atoms with Crippen LogP contribution in [0, 0.1) is 0 Å². The third-order valence-electron chi connectivity index (χ3n) is 2.70. The summed E-state index contributed by atoms with van der Waals surface area (Å²) in [6.07, 6.45) is 3.78. The average Bonchev–Trinajstić information content (AvgIpc) is 2.68. The number of hydrogen-bond acceptors (Lipinski definition) is 3. The van der Waals surface area contributed by atoms with E-state index in [1.807, 2.05) is 11.3 Å². The molecule has 1 aromatic heterocycles. The highest BCUT2D eigenvalue weighted by molar-refractivity contribution is 7.99. The van der Waals surface area contributed by atoms with Gasteiger partial charge >= 0.3 is 0 Å². The molecular weight excluding hydrogens is 210 g/mol. The molecular formula is C11H17NS2. The second-order valence-electron chi connectivity index (χ2n) is 3.73. The Morgan fingerprint density at radius 3 is 2.79 bits per heavy atom. The molecule has 2 heterocycles. The van der Waals surface area contributed by atoms with Gasteiger partial charge in [0.25, 0.3) is 0 Å². The van der Waals surface area contributed by atoms with Crippen molar-refractivity contribution >= 4 is 23.1 Å². The average molecular weight is 227 g/mol. The van der Waals surface area contributed by atoms with Crippen LogP contribution in [0.2, 0.25) is 0 Å². The maximum absolute atomic E-state index is 5.55. The smallest absolute Gasteiger partial charge is 0.00797 e. The first-order valence-corrected chi connectivity index (χ1v) is 7.23. The van der Waals surface area contributed by atoms with Crippen LogP contribution in [0.15, 0.2) is 12.1 Å². The van der Waals surface area contributed by atoms with Gasteiger partial charge in [-0.3, -0.25) is 0 Å². The molecule has 2 rings (SSSR count). The molecule has 1 fully saturated rings. The van der Waals surface area contributed by atoms with Crippen LogP contribution in [0.1, 0.15) is 28.5 Å². The van der Waals surface area contributed by atoms with Gasteiger partial charge in [-0.2, -0.15) is 11.8 Å². The molecule has 1 aromatic rings. The van der Waals surface area contributed by atoms with Crippen molar-refractivity contribution in [2.45, 2.75) is 25.2 Å². The lowest BCUT2D eigenvalue weighted by Crippen LogP contribution is -2.06. The quantitative estimate of drug-likeness (QED) is 0.859. The number of thiophene rings is 1. The van der Waals surface area contributed by atoms with Crippen molar-refractivity contribution < 1.29 is 0 Å². The Balaban J connectivity index is 2.00. The van der Waals surface area contributed by atoms with Crippen LogP contribution in [-0.2, 0) is 6.42 Å². The zero-order valence-corrected chi connectivity index (χ0v) is 10.0. The standard InChI is InChI=1S/C11H17NS2/c12-6-3-10-1-2-11(14-10)9-4-7-13-8-5-9/h1-2,9H,3-8,12H2. The zero-order valence-electron chi connectivity index (χ0n) is 8.37. The van der Waals surface area contributed by atoms with Crippen molar-refractivity contribution in [1.29, 1.82) is 0 Å². The first-order valence-electron chi connectivity index (χ1n) is 5.26. The van der Waals surface area contributed by atoms with E-state index in [0.29, 0.717) is 0 Å². The molecule has 78 valence electrons. The van der Waals surface area contributed by atoms with Gasteiger partial charge in [0.2, 0.25) is 0 Å². The molecule has 1 nitrogen and oxygen atoms in total. The molecule has 0 bridgehead atoms. The molecule has 1 saturated heterocycles. The Kier molecular flexibility index (Phi) is 3.90. The normalized spacial score (nSPS) is 18.6. The summed E-state index contributed by atoms with van der Waals surface area (Å²) in [5.74, 6) is 3.52. The van der Waals surface area contributed by atoms with E-state index in [1.165, 1.54) is 29.2 Å². The molecule has 1 aliphatic heterocycles. The molecule has 0 unspecified atom stereocenters. The second-order valence-corrected chi connectivity index (χ2v) is 6.15. The monoisotopic (exact) mass is 227 g/mol. The molecule has 0 saturated carbocycles. The van der Waals surface area contributed by atoms with Gasteiger partial charge in [-0.05, 0) is 55.4 Å². The van der Waals surface area contributed by atoms with E-state index in [2.05, 4.69) is 23.9 Å². The first-order chi connectivity index (χ1) is 6.90. The summed E-state index contributed by atoms with van der Waals surface area (Å²) < 4.78 is 0. The number of nitrogens with two attached hydrogens (primary N) is 1. The van der Waals surface area contributed by atoms with Crippen LogP contribution in [0.4, 0.5) is 0 Å². The van der Waals surface area contributed by atoms with Crippen LogP contribution in [0.3, 0.4) is 0 Å². The Hall–Kier alpha value is 0.01000. The maximum Gasteiger partial charge on any atom is 0.00797 e. The van der Waals surface area contributed by atoms with Crippen molar-refractivity contribution in [2.75, 3.05) is 18.1 Å². The largest absolute Gasteiger partial charge is 0.330 e. The van der Waals surface area contributed by atoms with Crippen LogP contribution < -0.4 is 5.73 Å². The summed E-state index contributed by atoms with van der Waals surface area (Å²) in [5.41, 5.74) is 5.55.